The van der Waals surface area contributed by atoms with Crippen LogP contribution in [0.4, 0.5) is 4.39 Å². The van der Waals surface area contributed by atoms with E-state index in [1.54, 1.807) is 6.92 Å². The van der Waals surface area contributed by atoms with Gasteiger partial charge >= 0.3 is 5.97 Å². The van der Waals surface area contributed by atoms with Gasteiger partial charge in [-0.1, -0.05) is 15.9 Å². The molecule has 0 radical (unpaired) electrons. The van der Waals surface area contributed by atoms with Crippen LogP contribution in [0.5, 0.6) is 0 Å². The molecule has 0 saturated heterocycles. The highest BCUT2D eigenvalue weighted by atomic mass is 79.9. The number of hydrogen-bond donors (Lipinski definition) is 0. The summed E-state index contributed by atoms with van der Waals surface area (Å²) in [7, 11) is 0. The summed E-state index contributed by atoms with van der Waals surface area (Å²) in [5, 5.41) is 9.19. The lowest BCUT2D eigenvalue weighted by molar-refractivity contribution is -0.142. The average molecular weight is 300 g/mol. The van der Waals surface area contributed by atoms with Gasteiger partial charge in [-0.25, -0.2) is 4.39 Å². The molecule has 1 rings (SSSR count). The fraction of sp³-hybridized carbons (Fsp3) is 0.333. The van der Waals surface area contributed by atoms with Gasteiger partial charge in [0.2, 0.25) is 0 Å². The summed E-state index contributed by atoms with van der Waals surface area (Å²) in [6, 6.07) is 4.55. The summed E-state index contributed by atoms with van der Waals surface area (Å²) in [6.07, 6.45) is -0.0879. The van der Waals surface area contributed by atoms with Crippen molar-refractivity contribution in [2.75, 3.05) is 6.61 Å². The lowest BCUT2D eigenvalue weighted by Crippen LogP contribution is -2.11. The smallest absolute Gasteiger partial charge is 0.310 e. The Balaban J connectivity index is 3.15. The van der Waals surface area contributed by atoms with Crippen molar-refractivity contribution in [1.29, 1.82) is 5.26 Å². The van der Waals surface area contributed by atoms with Crippen molar-refractivity contribution in [3.63, 3.8) is 0 Å². The van der Waals surface area contributed by atoms with Crippen LogP contribution >= 0.6 is 15.9 Å². The minimum absolute atomic E-state index is 0.0879. The maximum absolute atomic E-state index is 13.5. The van der Waals surface area contributed by atoms with Gasteiger partial charge in [-0.15, -0.1) is 0 Å². The minimum Gasteiger partial charge on any atom is -0.466 e. The number of esters is 1. The molecule has 3 nitrogen and oxygen atoms in total. The molecule has 1 aromatic carbocycles. The molecule has 0 spiro atoms. The van der Waals surface area contributed by atoms with Gasteiger partial charge in [0.25, 0.3) is 0 Å². The number of benzene rings is 1. The van der Waals surface area contributed by atoms with E-state index in [0.717, 1.165) is 0 Å². The van der Waals surface area contributed by atoms with Crippen LogP contribution in [0.15, 0.2) is 12.1 Å². The standard InChI is InChI=1S/C12H11BrFNO2/c1-2-17-12(16)5-9-8(7-15)3-4-11(14)10(9)6-13/h3-4H,2,5-6H2,1H3. The third-order valence-corrected chi connectivity index (χ3v) is 2.82. The zero-order chi connectivity index (χ0) is 12.8. The van der Waals surface area contributed by atoms with Gasteiger partial charge in [0.1, 0.15) is 5.82 Å². The predicted molar refractivity (Wildman–Crippen MR) is 64.1 cm³/mol. The van der Waals surface area contributed by atoms with E-state index in [2.05, 4.69) is 15.9 Å². The van der Waals surface area contributed by atoms with E-state index in [-0.39, 0.29) is 18.4 Å². The third kappa shape index (κ3) is 3.27. The molecule has 0 aliphatic rings. The minimum atomic E-state index is -0.461. The molecule has 0 N–H and O–H groups in total. The summed E-state index contributed by atoms with van der Waals surface area (Å²) < 4.78 is 18.3. The number of alkyl halides is 1. The Labute approximate surface area is 107 Å². The third-order valence-electron chi connectivity index (χ3n) is 2.25. The highest BCUT2D eigenvalue weighted by molar-refractivity contribution is 9.08. The number of rotatable bonds is 4. The molecule has 0 bridgehead atoms. The Bertz CT molecular complexity index is 468. The molecule has 0 fully saturated rings. The van der Waals surface area contributed by atoms with Crippen molar-refractivity contribution in [1.82, 2.24) is 0 Å². The molecule has 5 heteroatoms. The molecule has 0 aliphatic heterocycles. The number of carbonyl (C=O) groups is 1. The van der Waals surface area contributed by atoms with E-state index in [4.69, 9.17) is 10.00 Å². The molecule has 90 valence electrons. The predicted octanol–water partition coefficient (Wildman–Crippen LogP) is 2.70. The van der Waals surface area contributed by atoms with Crippen LogP contribution in [0.25, 0.3) is 0 Å². The fourth-order valence-electron chi connectivity index (χ4n) is 1.47. The molecule has 0 unspecified atom stereocenters. The van der Waals surface area contributed by atoms with Crippen LogP contribution in [-0.4, -0.2) is 12.6 Å². The summed E-state index contributed by atoms with van der Waals surface area (Å²) in [4.78, 5) is 11.4. The second kappa shape index (κ2) is 6.36. The Morgan fingerprint density at radius 2 is 2.24 bits per heavy atom. The van der Waals surface area contributed by atoms with E-state index in [1.807, 2.05) is 6.07 Å². The van der Waals surface area contributed by atoms with Crippen molar-refractivity contribution in [3.8, 4) is 6.07 Å². The van der Waals surface area contributed by atoms with Gasteiger partial charge in [-0.2, -0.15) is 5.26 Å². The second-order valence-corrected chi connectivity index (χ2v) is 3.84. The first kappa shape index (κ1) is 13.7. The lowest BCUT2D eigenvalue weighted by Gasteiger charge is -2.09. The zero-order valence-corrected chi connectivity index (χ0v) is 10.9. The molecular weight excluding hydrogens is 289 g/mol. The first-order valence-corrected chi connectivity index (χ1v) is 6.18. The molecule has 17 heavy (non-hydrogen) atoms. The van der Waals surface area contributed by atoms with Crippen molar-refractivity contribution in [2.45, 2.75) is 18.7 Å². The Morgan fingerprint density at radius 3 is 2.76 bits per heavy atom. The first-order chi connectivity index (χ1) is 8.13. The Morgan fingerprint density at radius 1 is 1.53 bits per heavy atom. The summed E-state index contributed by atoms with van der Waals surface area (Å²) in [6.45, 7) is 1.96. The van der Waals surface area contributed by atoms with Crippen molar-refractivity contribution in [2.24, 2.45) is 0 Å². The maximum atomic E-state index is 13.5. The quantitative estimate of drug-likeness (QED) is 0.634. The van der Waals surface area contributed by atoms with Crippen molar-refractivity contribution in [3.05, 3.63) is 34.6 Å². The number of nitriles is 1. The number of hydrogen-bond acceptors (Lipinski definition) is 3. The Kier molecular flexibility index (Phi) is 5.11. The molecule has 0 heterocycles. The van der Waals surface area contributed by atoms with Gasteiger partial charge in [0.15, 0.2) is 0 Å². The van der Waals surface area contributed by atoms with Crippen LogP contribution in [-0.2, 0) is 21.3 Å². The lowest BCUT2D eigenvalue weighted by atomic mass is 9.99. The van der Waals surface area contributed by atoms with Crippen molar-refractivity contribution >= 4 is 21.9 Å². The molecular formula is C12H11BrFNO2. The van der Waals surface area contributed by atoms with Gasteiger partial charge in [-0.3, -0.25) is 4.79 Å². The highest BCUT2D eigenvalue weighted by Crippen LogP contribution is 2.21. The SMILES string of the molecule is CCOC(=O)Cc1c(C#N)ccc(F)c1CBr. The van der Waals surface area contributed by atoms with Crippen LogP contribution < -0.4 is 0 Å². The van der Waals surface area contributed by atoms with Gasteiger partial charge in [-0.05, 0) is 24.6 Å². The van der Waals surface area contributed by atoms with E-state index in [1.165, 1.54) is 12.1 Å². The number of halogens is 2. The van der Waals surface area contributed by atoms with Gasteiger partial charge in [0.05, 0.1) is 24.7 Å². The highest BCUT2D eigenvalue weighted by Gasteiger charge is 2.16. The van der Waals surface area contributed by atoms with Crippen LogP contribution in [0.3, 0.4) is 0 Å². The summed E-state index contributed by atoms with van der Waals surface area (Å²) >= 11 is 3.15. The maximum Gasteiger partial charge on any atom is 0.310 e. The normalized spacial score (nSPS) is 9.76. The summed E-state index contributed by atoms with van der Waals surface area (Å²) in [5.74, 6) is -0.892. The number of carbonyl (C=O) groups excluding carboxylic acids is 1. The van der Waals surface area contributed by atoms with E-state index >= 15 is 0 Å². The molecule has 0 saturated carbocycles. The van der Waals surface area contributed by atoms with Crippen LogP contribution in [0, 0.1) is 17.1 Å². The number of nitrogens with zero attached hydrogens (tertiary/aromatic N) is 1. The molecule has 0 aliphatic carbocycles. The van der Waals surface area contributed by atoms with Crippen LogP contribution in [0.1, 0.15) is 23.6 Å². The first-order valence-electron chi connectivity index (χ1n) is 5.06. The molecule has 1 aromatic rings. The van der Waals surface area contributed by atoms with E-state index in [9.17, 15) is 9.18 Å². The topological polar surface area (TPSA) is 50.1 Å². The van der Waals surface area contributed by atoms with Gasteiger partial charge in [0, 0.05) is 10.9 Å². The van der Waals surface area contributed by atoms with E-state index < -0.39 is 11.8 Å². The van der Waals surface area contributed by atoms with Crippen molar-refractivity contribution < 1.29 is 13.9 Å². The zero-order valence-electron chi connectivity index (χ0n) is 9.30. The number of ether oxygens (including phenoxy) is 1. The Hall–Kier alpha value is -1.41. The largest absolute Gasteiger partial charge is 0.466 e. The molecule has 0 aromatic heterocycles. The summed E-state index contributed by atoms with van der Waals surface area (Å²) in [5.41, 5.74) is 1.02. The average Bonchev–Trinajstić information content (AvgIpc) is 2.30. The van der Waals surface area contributed by atoms with E-state index in [0.29, 0.717) is 16.7 Å². The second-order valence-electron chi connectivity index (χ2n) is 3.28. The molecule has 0 atom stereocenters. The fourth-order valence-corrected chi connectivity index (χ4v) is 2.08. The van der Waals surface area contributed by atoms with Crippen LogP contribution in [0.2, 0.25) is 0 Å². The molecule has 0 amide bonds. The van der Waals surface area contributed by atoms with Gasteiger partial charge < -0.3 is 4.74 Å². The monoisotopic (exact) mass is 299 g/mol.